The molecule has 2 fully saturated rings. The fraction of sp³-hybridized carbons (Fsp3) is 0.923. The van der Waals surface area contributed by atoms with Gasteiger partial charge in [0.2, 0.25) is 0 Å². The lowest BCUT2D eigenvalue weighted by Gasteiger charge is -2.26. The minimum Gasteiger partial charge on any atom is -0.465 e. The van der Waals surface area contributed by atoms with E-state index in [9.17, 15) is 4.79 Å². The number of nitrogens with zero attached hydrogens (tertiary/aromatic N) is 2. The number of amides is 1. The first-order valence-electron chi connectivity index (χ1n) is 7.03. The lowest BCUT2D eigenvalue weighted by atomic mass is 10.2. The minimum atomic E-state index is -0.783. The molecule has 0 unspecified atom stereocenters. The molecule has 2 rings (SSSR count). The number of hydrogen-bond donors (Lipinski definition) is 1. The van der Waals surface area contributed by atoms with Crippen LogP contribution in [0.15, 0.2) is 0 Å². The summed E-state index contributed by atoms with van der Waals surface area (Å²) in [5.74, 6) is 0. The molecule has 0 saturated carbocycles. The summed E-state index contributed by atoms with van der Waals surface area (Å²) in [6, 6.07) is 0.162. The molecule has 1 N–H and O–H groups in total. The standard InChI is InChI=1S/C13H24N2O4/c1-18-7-8-19-12-4-6-14(10-12)9-11-3-2-5-15(11)13(16)17/h11-12H,2-10H2,1H3,(H,16,17)/t11-,12+/m0/s1. The van der Waals surface area contributed by atoms with Crippen LogP contribution in [0.2, 0.25) is 0 Å². The van der Waals surface area contributed by atoms with Crippen LogP contribution in [-0.2, 0) is 9.47 Å². The van der Waals surface area contributed by atoms with Crippen molar-refractivity contribution >= 4 is 6.09 Å². The number of methoxy groups -OCH3 is 1. The highest BCUT2D eigenvalue weighted by atomic mass is 16.5. The summed E-state index contributed by atoms with van der Waals surface area (Å²) in [5, 5.41) is 9.12. The van der Waals surface area contributed by atoms with Crippen molar-refractivity contribution in [1.29, 1.82) is 0 Å². The van der Waals surface area contributed by atoms with Crippen molar-refractivity contribution in [2.75, 3.05) is 46.5 Å². The normalized spacial score (nSPS) is 28.2. The van der Waals surface area contributed by atoms with Crippen molar-refractivity contribution in [3.05, 3.63) is 0 Å². The van der Waals surface area contributed by atoms with Gasteiger partial charge in [0.1, 0.15) is 0 Å². The van der Waals surface area contributed by atoms with E-state index >= 15 is 0 Å². The van der Waals surface area contributed by atoms with E-state index in [0.717, 1.165) is 38.9 Å². The van der Waals surface area contributed by atoms with E-state index in [1.807, 2.05) is 0 Å². The topological polar surface area (TPSA) is 62.2 Å². The molecule has 110 valence electrons. The van der Waals surface area contributed by atoms with Gasteiger partial charge < -0.3 is 19.5 Å². The third-order valence-corrected chi connectivity index (χ3v) is 3.96. The molecule has 6 heteroatoms. The van der Waals surface area contributed by atoms with Gasteiger partial charge in [0.05, 0.1) is 19.3 Å². The first-order chi connectivity index (χ1) is 9.20. The average molecular weight is 272 g/mol. The van der Waals surface area contributed by atoms with Crippen LogP contribution in [-0.4, -0.2) is 79.6 Å². The van der Waals surface area contributed by atoms with E-state index in [1.165, 1.54) is 0 Å². The summed E-state index contributed by atoms with van der Waals surface area (Å²) in [4.78, 5) is 15.0. The van der Waals surface area contributed by atoms with Gasteiger partial charge in [-0.15, -0.1) is 0 Å². The Labute approximate surface area is 114 Å². The van der Waals surface area contributed by atoms with Gasteiger partial charge in [0.15, 0.2) is 0 Å². The van der Waals surface area contributed by atoms with Crippen LogP contribution >= 0.6 is 0 Å². The van der Waals surface area contributed by atoms with E-state index in [-0.39, 0.29) is 12.1 Å². The zero-order valence-corrected chi connectivity index (χ0v) is 11.6. The van der Waals surface area contributed by atoms with Gasteiger partial charge in [0.25, 0.3) is 0 Å². The number of carbonyl (C=O) groups is 1. The molecule has 0 radical (unpaired) electrons. The fourth-order valence-corrected chi connectivity index (χ4v) is 2.97. The van der Waals surface area contributed by atoms with Crippen molar-refractivity contribution in [2.24, 2.45) is 0 Å². The summed E-state index contributed by atoms with van der Waals surface area (Å²) in [6.07, 6.45) is 2.49. The zero-order chi connectivity index (χ0) is 13.7. The lowest BCUT2D eigenvalue weighted by Crippen LogP contribution is -2.42. The summed E-state index contributed by atoms with van der Waals surface area (Å²) in [5.41, 5.74) is 0. The largest absolute Gasteiger partial charge is 0.465 e. The monoisotopic (exact) mass is 272 g/mol. The first-order valence-corrected chi connectivity index (χ1v) is 7.03. The van der Waals surface area contributed by atoms with Crippen molar-refractivity contribution in [2.45, 2.75) is 31.4 Å². The third kappa shape index (κ3) is 4.06. The van der Waals surface area contributed by atoms with Crippen LogP contribution in [0.1, 0.15) is 19.3 Å². The Morgan fingerprint density at radius 2 is 2.16 bits per heavy atom. The molecule has 6 nitrogen and oxygen atoms in total. The molecule has 0 aliphatic carbocycles. The van der Waals surface area contributed by atoms with Gasteiger partial charge in [-0.3, -0.25) is 4.90 Å². The summed E-state index contributed by atoms with van der Waals surface area (Å²) in [7, 11) is 1.67. The highest BCUT2D eigenvalue weighted by Gasteiger charge is 2.32. The maximum Gasteiger partial charge on any atom is 0.407 e. The Hall–Kier alpha value is -0.850. The quantitative estimate of drug-likeness (QED) is 0.727. The molecule has 2 heterocycles. The van der Waals surface area contributed by atoms with Crippen LogP contribution in [0.4, 0.5) is 4.79 Å². The Kier molecular flexibility index (Phi) is 5.42. The van der Waals surface area contributed by atoms with Crippen LogP contribution in [0.25, 0.3) is 0 Å². The van der Waals surface area contributed by atoms with Gasteiger partial charge in [-0.25, -0.2) is 4.79 Å². The van der Waals surface area contributed by atoms with Crippen LogP contribution < -0.4 is 0 Å². The van der Waals surface area contributed by atoms with Gasteiger partial charge in [-0.1, -0.05) is 0 Å². The van der Waals surface area contributed by atoms with Gasteiger partial charge in [-0.05, 0) is 19.3 Å². The molecule has 0 aromatic rings. The Morgan fingerprint density at radius 1 is 1.32 bits per heavy atom. The molecule has 0 bridgehead atoms. The van der Waals surface area contributed by atoms with Gasteiger partial charge >= 0.3 is 6.09 Å². The number of likely N-dealkylation sites (tertiary alicyclic amines) is 2. The van der Waals surface area contributed by atoms with Gasteiger partial charge in [0, 0.05) is 39.3 Å². The van der Waals surface area contributed by atoms with Crippen LogP contribution in [0.3, 0.4) is 0 Å². The second-order valence-electron chi connectivity index (χ2n) is 5.31. The highest BCUT2D eigenvalue weighted by Crippen LogP contribution is 2.21. The molecule has 19 heavy (non-hydrogen) atoms. The van der Waals surface area contributed by atoms with E-state index in [4.69, 9.17) is 14.6 Å². The van der Waals surface area contributed by atoms with Crippen molar-refractivity contribution in [1.82, 2.24) is 9.80 Å². The number of rotatable bonds is 6. The SMILES string of the molecule is COCCO[C@@H]1CCN(C[C@@H]2CCCN2C(=O)O)C1. The molecular formula is C13H24N2O4. The predicted molar refractivity (Wildman–Crippen MR) is 70.4 cm³/mol. The Morgan fingerprint density at radius 3 is 2.89 bits per heavy atom. The molecule has 2 saturated heterocycles. The van der Waals surface area contributed by atoms with E-state index in [2.05, 4.69) is 4.90 Å². The smallest absolute Gasteiger partial charge is 0.407 e. The molecule has 2 aliphatic heterocycles. The van der Waals surface area contributed by atoms with Crippen molar-refractivity contribution < 1.29 is 19.4 Å². The average Bonchev–Trinajstić information content (AvgIpc) is 2.99. The second kappa shape index (κ2) is 7.07. The van der Waals surface area contributed by atoms with E-state index in [1.54, 1.807) is 12.0 Å². The minimum absolute atomic E-state index is 0.162. The second-order valence-corrected chi connectivity index (χ2v) is 5.31. The number of hydrogen-bond acceptors (Lipinski definition) is 4. The predicted octanol–water partition coefficient (Wildman–Crippen LogP) is 0.866. The molecule has 0 spiro atoms. The fourth-order valence-electron chi connectivity index (χ4n) is 2.97. The van der Waals surface area contributed by atoms with E-state index in [0.29, 0.717) is 19.8 Å². The Balaban J connectivity index is 1.71. The molecule has 2 aliphatic rings. The maximum atomic E-state index is 11.1. The maximum absolute atomic E-state index is 11.1. The highest BCUT2D eigenvalue weighted by molar-refractivity contribution is 5.65. The summed E-state index contributed by atoms with van der Waals surface area (Å²) >= 11 is 0. The number of carboxylic acid groups (broad SMARTS) is 1. The Bertz CT molecular complexity index is 300. The molecule has 2 atom stereocenters. The summed E-state index contributed by atoms with van der Waals surface area (Å²) < 4.78 is 10.7. The van der Waals surface area contributed by atoms with Crippen molar-refractivity contribution in [3.8, 4) is 0 Å². The lowest BCUT2D eigenvalue weighted by molar-refractivity contribution is 0.0212. The van der Waals surface area contributed by atoms with Crippen LogP contribution in [0.5, 0.6) is 0 Å². The zero-order valence-electron chi connectivity index (χ0n) is 11.6. The molecule has 0 aromatic heterocycles. The van der Waals surface area contributed by atoms with Crippen LogP contribution in [0, 0.1) is 0 Å². The first kappa shape index (κ1) is 14.6. The third-order valence-electron chi connectivity index (χ3n) is 3.96. The molecule has 0 aromatic carbocycles. The molecular weight excluding hydrogens is 248 g/mol. The summed E-state index contributed by atoms with van der Waals surface area (Å²) in [6.45, 7) is 4.71. The van der Waals surface area contributed by atoms with E-state index < -0.39 is 6.09 Å². The van der Waals surface area contributed by atoms with Crippen molar-refractivity contribution in [3.63, 3.8) is 0 Å². The number of ether oxygens (including phenoxy) is 2. The van der Waals surface area contributed by atoms with Gasteiger partial charge in [-0.2, -0.15) is 0 Å². The molecule has 1 amide bonds.